The highest BCUT2D eigenvalue weighted by Crippen LogP contribution is 2.39. The molecule has 31 heavy (non-hydrogen) atoms. The number of carbonyl (C=O) groups excluding carboxylic acids is 2. The van der Waals surface area contributed by atoms with Gasteiger partial charge in [0.1, 0.15) is 0 Å². The Morgan fingerprint density at radius 3 is 2.58 bits per heavy atom. The molecule has 0 aliphatic carbocycles. The van der Waals surface area contributed by atoms with Crippen LogP contribution in [-0.4, -0.2) is 42.9 Å². The number of nitrogens with zero attached hydrogens (tertiary/aromatic N) is 1. The average Bonchev–Trinajstić information content (AvgIpc) is 2.74. The Balaban J connectivity index is 1.64. The van der Waals surface area contributed by atoms with Gasteiger partial charge in [0.05, 0.1) is 10.6 Å². The van der Waals surface area contributed by atoms with E-state index in [9.17, 15) is 9.59 Å². The summed E-state index contributed by atoms with van der Waals surface area (Å²) in [6, 6.07) is 13.5. The van der Waals surface area contributed by atoms with Gasteiger partial charge in [0.25, 0.3) is 11.8 Å². The monoisotopic (exact) mass is 437 g/mol. The molecular formula is C25H31N3O2S. The minimum absolute atomic E-state index is 0.115. The molecule has 2 aromatic rings. The number of fused-ring (bicyclic) bond motifs is 1. The molecule has 0 atom stereocenters. The largest absolute Gasteiger partial charge is 0.351 e. The van der Waals surface area contributed by atoms with E-state index in [0.717, 1.165) is 48.5 Å². The predicted octanol–water partition coefficient (Wildman–Crippen LogP) is 4.93. The van der Waals surface area contributed by atoms with Crippen molar-refractivity contribution < 1.29 is 9.59 Å². The second kappa shape index (κ2) is 11.2. The van der Waals surface area contributed by atoms with Crippen LogP contribution in [0.25, 0.3) is 6.08 Å². The molecule has 0 bridgehead atoms. The Bertz CT molecular complexity index is 965. The molecule has 2 N–H and O–H groups in total. The number of nitrogens with one attached hydrogen (secondary N) is 2. The fourth-order valence-corrected chi connectivity index (χ4v) is 4.54. The average molecular weight is 438 g/mol. The molecule has 0 aromatic heterocycles. The molecule has 0 spiro atoms. The van der Waals surface area contributed by atoms with Crippen molar-refractivity contribution in [2.24, 2.45) is 0 Å². The molecule has 5 nitrogen and oxygen atoms in total. The summed E-state index contributed by atoms with van der Waals surface area (Å²) in [6.45, 7) is 9.92. The van der Waals surface area contributed by atoms with Crippen LogP contribution in [-0.2, 0) is 4.79 Å². The SMILES string of the molecule is CCCN(CCC)CCNC(=O)c1ccc2c(c1)NC(=O)/C(=C\c1cccc(C)c1)S2. The molecule has 0 saturated carbocycles. The first-order chi connectivity index (χ1) is 15.0. The van der Waals surface area contributed by atoms with Crippen molar-refractivity contribution >= 4 is 35.3 Å². The smallest absolute Gasteiger partial charge is 0.262 e. The topological polar surface area (TPSA) is 61.4 Å². The number of rotatable bonds is 9. The van der Waals surface area contributed by atoms with E-state index in [2.05, 4.69) is 29.4 Å². The van der Waals surface area contributed by atoms with Crippen molar-refractivity contribution in [3.63, 3.8) is 0 Å². The summed E-state index contributed by atoms with van der Waals surface area (Å²) in [5.41, 5.74) is 3.39. The molecule has 2 aromatic carbocycles. The van der Waals surface area contributed by atoms with Gasteiger partial charge < -0.3 is 15.5 Å². The van der Waals surface area contributed by atoms with Crippen LogP contribution in [0.4, 0.5) is 5.69 Å². The Kier molecular flexibility index (Phi) is 8.32. The predicted molar refractivity (Wildman–Crippen MR) is 129 cm³/mol. The molecule has 0 unspecified atom stereocenters. The standard InChI is InChI=1S/C25H31N3O2S/c1-4-12-28(13-5-2)14-11-26-24(29)20-9-10-22-21(17-20)27-25(30)23(31-22)16-19-8-6-7-18(3)15-19/h6-10,15-17H,4-5,11-14H2,1-3H3,(H,26,29)(H,27,30)/b23-16+. The summed E-state index contributed by atoms with van der Waals surface area (Å²) < 4.78 is 0. The number of anilines is 1. The molecule has 0 fully saturated rings. The lowest BCUT2D eigenvalue weighted by Gasteiger charge is -2.21. The normalized spacial score (nSPS) is 14.5. The lowest BCUT2D eigenvalue weighted by molar-refractivity contribution is -0.112. The number of amides is 2. The van der Waals surface area contributed by atoms with E-state index in [1.165, 1.54) is 11.8 Å². The quantitative estimate of drug-likeness (QED) is 0.546. The minimum atomic E-state index is -0.147. The third-order valence-electron chi connectivity index (χ3n) is 5.07. The van der Waals surface area contributed by atoms with Gasteiger partial charge in [-0.2, -0.15) is 0 Å². The number of carbonyl (C=O) groups is 2. The van der Waals surface area contributed by atoms with Crippen molar-refractivity contribution in [1.82, 2.24) is 10.2 Å². The van der Waals surface area contributed by atoms with E-state index >= 15 is 0 Å². The van der Waals surface area contributed by atoms with Crippen LogP contribution in [0.15, 0.2) is 52.3 Å². The summed E-state index contributed by atoms with van der Waals surface area (Å²) in [6.07, 6.45) is 4.11. The van der Waals surface area contributed by atoms with E-state index in [-0.39, 0.29) is 11.8 Å². The van der Waals surface area contributed by atoms with Gasteiger partial charge in [-0.15, -0.1) is 0 Å². The summed E-state index contributed by atoms with van der Waals surface area (Å²) >= 11 is 1.43. The zero-order chi connectivity index (χ0) is 22.2. The second-order valence-corrected chi connectivity index (χ2v) is 8.87. The van der Waals surface area contributed by atoms with Crippen molar-refractivity contribution in [2.45, 2.75) is 38.5 Å². The maximum absolute atomic E-state index is 12.6. The van der Waals surface area contributed by atoms with E-state index in [1.54, 1.807) is 6.07 Å². The van der Waals surface area contributed by atoms with Crippen LogP contribution < -0.4 is 10.6 Å². The first kappa shape index (κ1) is 23.1. The van der Waals surface area contributed by atoms with Crippen molar-refractivity contribution in [3.8, 4) is 0 Å². The lowest BCUT2D eigenvalue weighted by atomic mass is 10.1. The zero-order valence-corrected chi connectivity index (χ0v) is 19.3. The molecule has 1 aliphatic rings. The molecular weight excluding hydrogens is 406 g/mol. The van der Waals surface area contributed by atoms with Crippen LogP contribution in [0.3, 0.4) is 0 Å². The highest BCUT2D eigenvalue weighted by molar-refractivity contribution is 8.04. The summed E-state index contributed by atoms with van der Waals surface area (Å²) in [5.74, 6) is -0.262. The molecule has 2 amide bonds. The van der Waals surface area contributed by atoms with E-state index in [0.29, 0.717) is 22.7 Å². The molecule has 164 valence electrons. The van der Waals surface area contributed by atoms with Gasteiger partial charge in [0.15, 0.2) is 0 Å². The third-order valence-corrected chi connectivity index (χ3v) is 6.17. The summed E-state index contributed by atoms with van der Waals surface area (Å²) in [7, 11) is 0. The van der Waals surface area contributed by atoms with Crippen LogP contribution in [0, 0.1) is 6.92 Å². The van der Waals surface area contributed by atoms with Crippen LogP contribution in [0.5, 0.6) is 0 Å². The highest BCUT2D eigenvalue weighted by Gasteiger charge is 2.22. The van der Waals surface area contributed by atoms with E-state index < -0.39 is 0 Å². The van der Waals surface area contributed by atoms with Crippen molar-refractivity contribution in [1.29, 1.82) is 0 Å². The molecule has 1 heterocycles. The fraction of sp³-hybridized carbons (Fsp3) is 0.360. The third kappa shape index (κ3) is 6.45. The maximum Gasteiger partial charge on any atom is 0.262 e. The van der Waals surface area contributed by atoms with Crippen molar-refractivity contribution in [3.05, 3.63) is 64.1 Å². The first-order valence-electron chi connectivity index (χ1n) is 10.9. The molecule has 0 saturated heterocycles. The van der Waals surface area contributed by atoms with Crippen LogP contribution in [0.2, 0.25) is 0 Å². The first-order valence-corrected chi connectivity index (χ1v) is 11.7. The van der Waals surface area contributed by atoms with E-state index in [4.69, 9.17) is 0 Å². The second-order valence-electron chi connectivity index (χ2n) is 7.79. The maximum atomic E-state index is 12.6. The van der Waals surface area contributed by atoms with Gasteiger partial charge in [0, 0.05) is 23.5 Å². The number of hydrogen-bond acceptors (Lipinski definition) is 4. The fourth-order valence-electron chi connectivity index (χ4n) is 3.61. The number of hydrogen-bond donors (Lipinski definition) is 2. The van der Waals surface area contributed by atoms with Gasteiger partial charge in [-0.25, -0.2) is 0 Å². The summed E-state index contributed by atoms with van der Waals surface area (Å²) in [5, 5.41) is 5.93. The molecule has 0 radical (unpaired) electrons. The van der Waals surface area contributed by atoms with Gasteiger partial charge in [-0.1, -0.05) is 55.4 Å². The zero-order valence-electron chi connectivity index (χ0n) is 18.5. The Hall–Kier alpha value is -2.57. The number of aryl methyl sites for hydroxylation is 1. The van der Waals surface area contributed by atoms with E-state index in [1.807, 2.05) is 49.4 Å². The van der Waals surface area contributed by atoms with Gasteiger partial charge >= 0.3 is 0 Å². The molecule has 6 heteroatoms. The number of thioether (sulfide) groups is 1. The highest BCUT2D eigenvalue weighted by atomic mass is 32.2. The van der Waals surface area contributed by atoms with Gasteiger partial charge in [0.2, 0.25) is 0 Å². The lowest BCUT2D eigenvalue weighted by Crippen LogP contribution is -2.35. The Labute approximate surface area is 189 Å². The minimum Gasteiger partial charge on any atom is -0.351 e. The van der Waals surface area contributed by atoms with Gasteiger partial charge in [-0.3, -0.25) is 9.59 Å². The number of benzene rings is 2. The molecule has 1 aliphatic heterocycles. The molecule has 3 rings (SSSR count). The summed E-state index contributed by atoms with van der Waals surface area (Å²) in [4.78, 5) is 29.1. The van der Waals surface area contributed by atoms with Gasteiger partial charge in [-0.05, 0) is 62.7 Å². The Morgan fingerprint density at radius 1 is 1.10 bits per heavy atom. The van der Waals surface area contributed by atoms with Crippen LogP contribution >= 0.6 is 11.8 Å². The van der Waals surface area contributed by atoms with Crippen LogP contribution in [0.1, 0.15) is 48.2 Å². The Morgan fingerprint density at radius 2 is 1.87 bits per heavy atom. The van der Waals surface area contributed by atoms with Crippen molar-refractivity contribution in [2.75, 3.05) is 31.5 Å².